The Bertz CT molecular complexity index is 427. The largest absolute Gasteiger partial charge is 0.311 e. The van der Waals surface area contributed by atoms with Crippen LogP contribution in [0.4, 0.5) is 0 Å². The minimum Gasteiger partial charge on any atom is -0.311 e. The van der Waals surface area contributed by atoms with Crippen molar-refractivity contribution in [3.8, 4) is 0 Å². The molecule has 0 heterocycles. The zero-order chi connectivity index (χ0) is 13.2. The molecule has 1 aliphatic rings. The SMILES string of the molecule is CSC1(CNCc2c(Cl)ccc(Cl)c2Cl)CCC1. The van der Waals surface area contributed by atoms with E-state index in [1.807, 2.05) is 11.8 Å². The summed E-state index contributed by atoms with van der Waals surface area (Å²) < 4.78 is 0.414. The van der Waals surface area contributed by atoms with Gasteiger partial charge in [-0.25, -0.2) is 0 Å². The molecule has 0 radical (unpaired) electrons. The highest BCUT2D eigenvalue weighted by Gasteiger charge is 2.35. The number of nitrogens with one attached hydrogen (secondary N) is 1. The van der Waals surface area contributed by atoms with E-state index in [0.29, 0.717) is 26.4 Å². The summed E-state index contributed by atoms with van der Waals surface area (Å²) in [5, 5.41) is 5.24. The lowest BCUT2D eigenvalue weighted by Gasteiger charge is -2.40. The second kappa shape index (κ2) is 6.23. The quantitative estimate of drug-likeness (QED) is 0.763. The predicted octanol–water partition coefficient (Wildman–Crippen LogP) is 5.02. The first kappa shape index (κ1) is 14.8. The lowest BCUT2D eigenvalue weighted by atomic mass is 9.84. The summed E-state index contributed by atoms with van der Waals surface area (Å²) in [7, 11) is 0. The van der Waals surface area contributed by atoms with Crippen molar-refractivity contribution >= 4 is 46.6 Å². The van der Waals surface area contributed by atoms with E-state index in [4.69, 9.17) is 34.8 Å². The molecule has 2 rings (SSSR count). The fourth-order valence-corrected chi connectivity index (χ4v) is 3.80. The van der Waals surface area contributed by atoms with Crippen LogP contribution in [0.25, 0.3) is 0 Å². The first-order chi connectivity index (χ1) is 8.58. The molecule has 1 N–H and O–H groups in total. The van der Waals surface area contributed by atoms with Crippen LogP contribution in [-0.4, -0.2) is 17.5 Å². The molecule has 0 unspecified atom stereocenters. The van der Waals surface area contributed by atoms with E-state index in [2.05, 4.69) is 11.6 Å². The predicted molar refractivity (Wildman–Crippen MR) is 83.3 cm³/mol. The van der Waals surface area contributed by atoms with E-state index in [1.165, 1.54) is 19.3 Å². The molecule has 1 aromatic rings. The van der Waals surface area contributed by atoms with Crippen molar-refractivity contribution in [2.75, 3.05) is 12.8 Å². The van der Waals surface area contributed by atoms with Crippen LogP contribution < -0.4 is 5.32 Å². The molecule has 0 atom stereocenters. The Hall–Kier alpha value is 0.400. The van der Waals surface area contributed by atoms with E-state index in [0.717, 1.165) is 12.1 Å². The van der Waals surface area contributed by atoms with E-state index in [1.54, 1.807) is 12.1 Å². The van der Waals surface area contributed by atoms with Crippen LogP contribution in [0.1, 0.15) is 24.8 Å². The molecule has 18 heavy (non-hydrogen) atoms. The average Bonchev–Trinajstić information content (AvgIpc) is 2.31. The third-order valence-corrected chi connectivity index (χ3v) is 6.20. The average molecular weight is 325 g/mol. The fourth-order valence-electron chi connectivity index (χ4n) is 2.17. The lowest BCUT2D eigenvalue weighted by Crippen LogP contribution is -2.43. The molecule has 0 bridgehead atoms. The van der Waals surface area contributed by atoms with Crippen LogP contribution in [0.2, 0.25) is 15.1 Å². The first-order valence-corrected chi connectivity index (χ1v) is 8.32. The van der Waals surface area contributed by atoms with Crippen molar-refractivity contribution in [2.45, 2.75) is 30.6 Å². The molecule has 100 valence electrons. The van der Waals surface area contributed by atoms with E-state index in [-0.39, 0.29) is 0 Å². The van der Waals surface area contributed by atoms with Crippen molar-refractivity contribution in [2.24, 2.45) is 0 Å². The van der Waals surface area contributed by atoms with Gasteiger partial charge in [-0.05, 0) is 31.2 Å². The Labute approximate surface area is 128 Å². The number of hydrogen-bond acceptors (Lipinski definition) is 2. The van der Waals surface area contributed by atoms with Crippen molar-refractivity contribution in [1.29, 1.82) is 0 Å². The second-order valence-corrected chi connectivity index (χ2v) is 7.13. The van der Waals surface area contributed by atoms with Gasteiger partial charge >= 0.3 is 0 Å². The third kappa shape index (κ3) is 3.10. The molecule has 1 aromatic carbocycles. The number of rotatable bonds is 5. The van der Waals surface area contributed by atoms with Gasteiger partial charge in [0.05, 0.1) is 10.0 Å². The summed E-state index contributed by atoms with van der Waals surface area (Å²) in [6.07, 6.45) is 6.09. The highest BCUT2D eigenvalue weighted by molar-refractivity contribution is 8.00. The summed E-state index contributed by atoms with van der Waals surface area (Å²) in [5.74, 6) is 0. The second-order valence-electron chi connectivity index (χ2n) is 4.67. The minimum atomic E-state index is 0.414. The molecular weight excluding hydrogens is 309 g/mol. The molecule has 1 fully saturated rings. The van der Waals surface area contributed by atoms with Crippen LogP contribution in [-0.2, 0) is 6.54 Å². The fraction of sp³-hybridized carbons (Fsp3) is 0.538. The number of benzene rings is 1. The van der Waals surface area contributed by atoms with Crippen molar-refractivity contribution in [3.05, 3.63) is 32.8 Å². The van der Waals surface area contributed by atoms with Crippen LogP contribution in [0, 0.1) is 0 Å². The molecule has 1 aliphatic carbocycles. The Morgan fingerprint density at radius 2 is 1.89 bits per heavy atom. The molecule has 0 spiro atoms. The minimum absolute atomic E-state index is 0.414. The zero-order valence-electron chi connectivity index (χ0n) is 10.2. The van der Waals surface area contributed by atoms with E-state index >= 15 is 0 Å². The van der Waals surface area contributed by atoms with Gasteiger partial charge in [-0.3, -0.25) is 0 Å². The Morgan fingerprint density at radius 1 is 1.22 bits per heavy atom. The topological polar surface area (TPSA) is 12.0 Å². The summed E-state index contributed by atoms with van der Waals surface area (Å²) in [5.41, 5.74) is 0.890. The maximum atomic E-state index is 6.17. The molecule has 0 amide bonds. The number of thioether (sulfide) groups is 1. The molecule has 5 heteroatoms. The summed E-state index contributed by atoms with van der Waals surface area (Å²) in [6, 6.07) is 3.52. The smallest absolute Gasteiger partial charge is 0.0652 e. The number of hydrogen-bond donors (Lipinski definition) is 1. The van der Waals surface area contributed by atoms with Gasteiger partial charge in [0.15, 0.2) is 0 Å². The van der Waals surface area contributed by atoms with Gasteiger partial charge in [0.1, 0.15) is 0 Å². The van der Waals surface area contributed by atoms with Crippen molar-refractivity contribution in [3.63, 3.8) is 0 Å². The molecule has 1 saturated carbocycles. The maximum absolute atomic E-state index is 6.17. The van der Waals surface area contributed by atoms with Crippen LogP contribution in [0.15, 0.2) is 12.1 Å². The monoisotopic (exact) mass is 323 g/mol. The molecule has 1 nitrogen and oxygen atoms in total. The summed E-state index contributed by atoms with van der Waals surface area (Å²) >= 11 is 20.3. The van der Waals surface area contributed by atoms with Gasteiger partial charge < -0.3 is 5.32 Å². The maximum Gasteiger partial charge on any atom is 0.0652 e. The first-order valence-electron chi connectivity index (χ1n) is 5.96. The van der Waals surface area contributed by atoms with Gasteiger partial charge in [0.25, 0.3) is 0 Å². The Kier molecular flexibility index (Phi) is 5.13. The van der Waals surface area contributed by atoms with E-state index in [9.17, 15) is 0 Å². The van der Waals surface area contributed by atoms with Crippen LogP contribution in [0.5, 0.6) is 0 Å². The van der Waals surface area contributed by atoms with Crippen LogP contribution >= 0.6 is 46.6 Å². The van der Waals surface area contributed by atoms with Crippen LogP contribution in [0.3, 0.4) is 0 Å². The molecule has 0 saturated heterocycles. The zero-order valence-corrected chi connectivity index (χ0v) is 13.3. The lowest BCUT2D eigenvalue weighted by molar-refractivity contribution is 0.345. The van der Waals surface area contributed by atoms with Crippen molar-refractivity contribution in [1.82, 2.24) is 5.32 Å². The third-order valence-electron chi connectivity index (χ3n) is 3.59. The van der Waals surface area contributed by atoms with Gasteiger partial charge in [0, 0.05) is 28.4 Å². The summed E-state index contributed by atoms with van der Waals surface area (Å²) in [4.78, 5) is 0. The van der Waals surface area contributed by atoms with Crippen molar-refractivity contribution < 1.29 is 0 Å². The molecule has 0 aromatic heterocycles. The molecular formula is C13H16Cl3NS. The highest BCUT2D eigenvalue weighted by Crippen LogP contribution is 2.42. The molecule has 0 aliphatic heterocycles. The highest BCUT2D eigenvalue weighted by atomic mass is 35.5. The van der Waals surface area contributed by atoms with Gasteiger partial charge in [-0.15, -0.1) is 0 Å². The number of halogens is 3. The standard InChI is InChI=1S/C13H16Cl3NS/c1-18-13(5-2-6-13)8-17-7-9-10(14)3-4-11(15)12(9)16/h3-4,17H,2,5-8H2,1H3. The summed E-state index contributed by atoms with van der Waals surface area (Å²) in [6.45, 7) is 1.66. The normalized spacial score (nSPS) is 17.6. The van der Waals surface area contributed by atoms with E-state index < -0.39 is 0 Å². The Balaban J connectivity index is 1.96. The van der Waals surface area contributed by atoms with Gasteiger partial charge in [-0.2, -0.15) is 11.8 Å². The van der Waals surface area contributed by atoms with Gasteiger partial charge in [-0.1, -0.05) is 41.2 Å². The van der Waals surface area contributed by atoms with Gasteiger partial charge in [0.2, 0.25) is 0 Å². The Morgan fingerprint density at radius 3 is 2.44 bits per heavy atom.